The van der Waals surface area contributed by atoms with Crippen LogP contribution in [0.15, 0.2) is 18.2 Å². The minimum absolute atomic E-state index is 0.0494. The zero-order valence-corrected chi connectivity index (χ0v) is 14.3. The van der Waals surface area contributed by atoms with E-state index in [9.17, 15) is 19.2 Å². The number of amides is 4. The highest BCUT2D eigenvalue weighted by molar-refractivity contribution is 6.02. The molecule has 0 unspecified atom stereocenters. The molecule has 0 radical (unpaired) electrons. The maximum atomic E-state index is 12.1. The number of nitrogens with zero attached hydrogens (tertiary/aromatic N) is 1. The lowest BCUT2D eigenvalue weighted by molar-refractivity contribution is -0.122. The highest BCUT2D eigenvalue weighted by Crippen LogP contribution is 2.15. The van der Waals surface area contributed by atoms with E-state index in [2.05, 4.69) is 10.6 Å². The van der Waals surface area contributed by atoms with Gasteiger partial charge in [-0.15, -0.1) is 0 Å². The van der Waals surface area contributed by atoms with Gasteiger partial charge < -0.3 is 22.1 Å². The molecule has 0 aliphatic heterocycles. The zero-order chi connectivity index (χ0) is 19.0. The second-order valence-electron chi connectivity index (χ2n) is 5.60. The van der Waals surface area contributed by atoms with Crippen LogP contribution in [-0.4, -0.2) is 55.2 Å². The first kappa shape index (κ1) is 20.1. The second-order valence-corrected chi connectivity index (χ2v) is 5.60. The third-order valence-electron chi connectivity index (χ3n) is 3.19. The molecule has 1 rings (SSSR count). The van der Waals surface area contributed by atoms with Gasteiger partial charge in [-0.05, 0) is 31.7 Å². The van der Waals surface area contributed by atoms with E-state index in [4.69, 9.17) is 11.5 Å². The number of carbonyl (C=O) groups excluding carboxylic acids is 4. The van der Waals surface area contributed by atoms with Gasteiger partial charge in [-0.2, -0.15) is 0 Å². The Bertz CT molecular complexity index is 642. The van der Waals surface area contributed by atoms with Gasteiger partial charge in [-0.1, -0.05) is 6.92 Å². The van der Waals surface area contributed by atoms with Crippen molar-refractivity contribution < 1.29 is 19.2 Å². The average molecular weight is 349 g/mol. The summed E-state index contributed by atoms with van der Waals surface area (Å²) in [6, 6.07) is 3.95. The van der Waals surface area contributed by atoms with Crippen LogP contribution in [0.2, 0.25) is 0 Å². The van der Waals surface area contributed by atoms with Crippen molar-refractivity contribution in [3.8, 4) is 0 Å². The maximum absolute atomic E-state index is 12.1. The molecule has 0 saturated heterocycles. The molecule has 0 aliphatic carbocycles. The third-order valence-corrected chi connectivity index (χ3v) is 3.19. The van der Waals surface area contributed by atoms with E-state index in [1.807, 2.05) is 6.92 Å². The van der Waals surface area contributed by atoms with Crippen molar-refractivity contribution in [1.82, 2.24) is 10.2 Å². The van der Waals surface area contributed by atoms with E-state index in [0.717, 1.165) is 6.42 Å². The van der Waals surface area contributed by atoms with Crippen LogP contribution in [0.4, 0.5) is 5.69 Å². The number of nitrogens with two attached hydrogens (primary N) is 2. The van der Waals surface area contributed by atoms with Crippen molar-refractivity contribution in [2.75, 3.05) is 32.0 Å². The Morgan fingerprint density at radius 2 is 1.48 bits per heavy atom. The molecule has 136 valence electrons. The normalized spacial score (nSPS) is 10.4. The van der Waals surface area contributed by atoms with Gasteiger partial charge in [0.2, 0.25) is 23.6 Å². The summed E-state index contributed by atoms with van der Waals surface area (Å²) in [4.78, 5) is 47.8. The molecule has 25 heavy (non-hydrogen) atoms. The Hall–Kier alpha value is -2.94. The van der Waals surface area contributed by atoms with Gasteiger partial charge in [-0.25, -0.2) is 0 Å². The van der Waals surface area contributed by atoms with Crippen molar-refractivity contribution in [1.29, 1.82) is 0 Å². The number of likely N-dealkylation sites (N-methyl/N-ethyl adjacent to an activating group) is 1. The lowest BCUT2D eigenvalue weighted by atomic mass is 10.1. The van der Waals surface area contributed by atoms with E-state index in [0.29, 0.717) is 6.54 Å². The topological polar surface area (TPSA) is 148 Å². The van der Waals surface area contributed by atoms with Crippen molar-refractivity contribution in [3.05, 3.63) is 29.3 Å². The molecule has 1 aromatic carbocycles. The largest absolute Gasteiger partial charge is 0.366 e. The summed E-state index contributed by atoms with van der Waals surface area (Å²) in [5, 5.41) is 5.26. The molecule has 0 aliphatic rings. The monoisotopic (exact) mass is 349 g/mol. The number of hydrogen-bond acceptors (Lipinski definition) is 5. The number of nitrogens with one attached hydrogen (secondary N) is 2. The summed E-state index contributed by atoms with van der Waals surface area (Å²) in [5.41, 5.74) is 10.7. The number of primary amides is 2. The summed E-state index contributed by atoms with van der Waals surface area (Å²) < 4.78 is 0. The Labute approximate surface area is 145 Å². The smallest absolute Gasteiger partial charge is 0.248 e. The Morgan fingerprint density at radius 3 is 1.96 bits per heavy atom. The van der Waals surface area contributed by atoms with Crippen LogP contribution in [0.1, 0.15) is 34.1 Å². The number of hydrogen-bond donors (Lipinski definition) is 4. The SMILES string of the molecule is CCCNC(=O)CN(C)CC(=O)Nc1cc(C(N)=O)cc(C(N)=O)c1. The molecule has 0 spiro atoms. The molecule has 0 bridgehead atoms. The Balaban J connectivity index is 2.71. The van der Waals surface area contributed by atoms with Gasteiger partial charge in [-0.3, -0.25) is 24.1 Å². The second kappa shape index (κ2) is 9.38. The van der Waals surface area contributed by atoms with Crippen LogP contribution in [0, 0.1) is 0 Å². The molecule has 9 heteroatoms. The third kappa shape index (κ3) is 7.00. The molecular weight excluding hydrogens is 326 g/mol. The van der Waals surface area contributed by atoms with Crippen LogP contribution in [0.5, 0.6) is 0 Å². The molecular formula is C16H23N5O4. The molecule has 6 N–H and O–H groups in total. The minimum Gasteiger partial charge on any atom is -0.366 e. The summed E-state index contributed by atoms with van der Waals surface area (Å²) in [7, 11) is 1.62. The lowest BCUT2D eigenvalue weighted by Crippen LogP contribution is -2.39. The fourth-order valence-electron chi connectivity index (χ4n) is 2.05. The summed E-state index contributed by atoms with van der Waals surface area (Å²) in [6.07, 6.45) is 0.828. The quantitative estimate of drug-likeness (QED) is 0.464. The highest BCUT2D eigenvalue weighted by Gasteiger charge is 2.13. The molecule has 0 atom stereocenters. The molecule has 1 aromatic rings. The van der Waals surface area contributed by atoms with E-state index in [-0.39, 0.29) is 35.8 Å². The molecule has 0 fully saturated rings. The standard InChI is InChI=1S/C16H23N5O4/c1-3-4-19-13(22)8-21(2)9-14(23)20-12-6-10(15(17)24)5-11(7-12)16(18)25/h5-7H,3-4,8-9H2,1-2H3,(H2,17,24)(H2,18,25)(H,19,22)(H,20,23). The number of benzene rings is 1. The van der Waals surface area contributed by atoms with Gasteiger partial charge in [0.25, 0.3) is 0 Å². The van der Waals surface area contributed by atoms with Crippen LogP contribution >= 0.6 is 0 Å². The number of anilines is 1. The van der Waals surface area contributed by atoms with E-state index >= 15 is 0 Å². The van der Waals surface area contributed by atoms with Crippen LogP contribution in [0.3, 0.4) is 0 Å². The molecule has 0 aromatic heterocycles. The number of rotatable bonds is 9. The van der Waals surface area contributed by atoms with Crippen LogP contribution in [0.25, 0.3) is 0 Å². The van der Waals surface area contributed by atoms with E-state index < -0.39 is 17.7 Å². The van der Waals surface area contributed by atoms with E-state index in [1.54, 1.807) is 7.05 Å². The van der Waals surface area contributed by atoms with Gasteiger partial charge in [0, 0.05) is 23.4 Å². The van der Waals surface area contributed by atoms with E-state index in [1.165, 1.54) is 23.1 Å². The first-order chi connectivity index (χ1) is 11.7. The predicted octanol–water partition coefficient (Wildman–Crippen LogP) is -0.719. The predicted molar refractivity (Wildman–Crippen MR) is 92.9 cm³/mol. The van der Waals surface area contributed by atoms with Crippen molar-refractivity contribution in [2.24, 2.45) is 11.5 Å². The van der Waals surface area contributed by atoms with Crippen molar-refractivity contribution in [2.45, 2.75) is 13.3 Å². The average Bonchev–Trinajstić information content (AvgIpc) is 2.51. The highest BCUT2D eigenvalue weighted by atomic mass is 16.2. The summed E-state index contributed by atoms with van der Waals surface area (Å²) in [6.45, 7) is 2.54. The summed E-state index contributed by atoms with van der Waals surface area (Å²) >= 11 is 0. The first-order valence-corrected chi connectivity index (χ1v) is 7.72. The molecule has 4 amide bonds. The fourth-order valence-corrected chi connectivity index (χ4v) is 2.05. The number of carbonyl (C=O) groups is 4. The minimum atomic E-state index is -0.747. The van der Waals surface area contributed by atoms with Crippen molar-refractivity contribution in [3.63, 3.8) is 0 Å². The van der Waals surface area contributed by atoms with Crippen LogP contribution < -0.4 is 22.1 Å². The molecule has 9 nitrogen and oxygen atoms in total. The molecule has 0 saturated carbocycles. The van der Waals surface area contributed by atoms with Crippen molar-refractivity contribution >= 4 is 29.3 Å². The zero-order valence-electron chi connectivity index (χ0n) is 14.3. The molecule has 0 heterocycles. The van der Waals surface area contributed by atoms with Gasteiger partial charge in [0.05, 0.1) is 13.1 Å². The van der Waals surface area contributed by atoms with Gasteiger partial charge in [0.15, 0.2) is 0 Å². The summed E-state index contributed by atoms with van der Waals surface area (Å²) in [5.74, 6) is -2.08. The van der Waals surface area contributed by atoms with Gasteiger partial charge >= 0.3 is 0 Å². The fraction of sp³-hybridized carbons (Fsp3) is 0.375. The first-order valence-electron chi connectivity index (χ1n) is 7.72. The Morgan fingerprint density at radius 1 is 0.960 bits per heavy atom. The van der Waals surface area contributed by atoms with Crippen LogP contribution in [-0.2, 0) is 9.59 Å². The lowest BCUT2D eigenvalue weighted by Gasteiger charge is -2.16. The Kier molecular flexibility index (Phi) is 7.54. The van der Waals surface area contributed by atoms with Gasteiger partial charge in [0.1, 0.15) is 0 Å². The maximum Gasteiger partial charge on any atom is 0.248 e.